The number of hydrogen-bond donors (Lipinski definition) is 1. The fraction of sp³-hybridized carbons (Fsp3) is 0.579. The summed E-state index contributed by atoms with van der Waals surface area (Å²) in [5.41, 5.74) is 0.289. The molecule has 1 N–H and O–H groups in total. The van der Waals surface area contributed by atoms with Crippen molar-refractivity contribution in [1.82, 2.24) is 10.2 Å². The van der Waals surface area contributed by atoms with Gasteiger partial charge in [0, 0.05) is 31.2 Å². The first kappa shape index (κ1) is 19.8. The van der Waals surface area contributed by atoms with E-state index >= 15 is 0 Å². The summed E-state index contributed by atoms with van der Waals surface area (Å²) < 4.78 is 36.6. The number of carbonyl (C=O) groups excluding carboxylic acids is 1. The van der Waals surface area contributed by atoms with Gasteiger partial charge in [0.15, 0.2) is 9.84 Å². The second-order valence-corrected chi connectivity index (χ2v) is 9.80. The number of halogens is 1. The predicted molar refractivity (Wildman–Crippen MR) is 99.4 cm³/mol. The van der Waals surface area contributed by atoms with Crippen LogP contribution in [0.25, 0.3) is 0 Å². The number of sulfone groups is 1. The average molecular weight is 393 g/mol. The van der Waals surface area contributed by atoms with Crippen molar-refractivity contribution >= 4 is 15.7 Å². The van der Waals surface area contributed by atoms with Crippen LogP contribution >= 0.6 is 0 Å². The van der Waals surface area contributed by atoms with Gasteiger partial charge in [-0.1, -0.05) is 6.42 Å². The Morgan fingerprint density at radius 1 is 1.26 bits per heavy atom. The van der Waals surface area contributed by atoms with Crippen molar-refractivity contribution in [3.63, 3.8) is 0 Å². The maximum atomic E-state index is 13.6. The highest BCUT2D eigenvalue weighted by Crippen LogP contribution is 2.26. The lowest BCUT2D eigenvalue weighted by atomic mass is 9.85. The number of rotatable bonds is 4. The van der Waals surface area contributed by atoms with Crippen LogP contribution in [0.3, 0.4) is 0 Å². The molecule has 1 saturated carbocycles. The Bertz CT molecular complexity index is 836. The predicted octanol–water partition coefficient (Wildman–Crippen LogP) is 1.72. The molecule has 1 aliphatic heterocycles. The molecule has 3 rings (SSSR count). The zero-order valence-corrected chi connectivity index (χ0v) is 16.0. The van der Waals surface area contributed by atoms with Gasteiger partial charge in [-0.05, 0) is 43.4 Å². The molecule has 0 unspecified atom stereocenters. The second kappa shape index (κ2) is 8.36. The molecule has 27 heavy (non-hydrogen) atoms. The Morgan fingerprint density at radius 3 is 2.70 bits per heavy atom. The molecular formula is C19H24FN3O3S. The Balaban J connectivity index is 1.54. The average Bonchev–Trinajstić information content (AvgIpc) is 2.63. The highest BCUT2D eigenvalue weighted by Gasteiger charge is 2.28. The second-order valence-electron chi connectivity index (χ2n) is 7.50. The highest BCUT2D eigenvalue weighted by atomic mass is 32.2. The summed E-state index contributed by atoms with van der Waals surface area (Å²) in [6.07, 6.45) is 3.76. The fourth-order valence-corrected chi connectivity index (χ4v) is 5.22. The standard InChI is InChI=1S/C19H24FN3O3S/c20-17-9-15(12-21)8-16(11-17)19(24)22-18-3-1-2-14(10-18)13-23-4-6-27(25,26)7-5-23/h8-9,11,14,18H,1-7,10,13H2,(H,22,24)/t14-,18+/m1/s1. The minimum Gasteiger partial charge on any atom is -0.349 e. The minimum absolute atomic E-state index is 0.0126. The topological polar surface area (TPSA) is 90.3 Å². The lowest BCUT2D eigenvalue weighted by Crippen LogP contribution is -2.45. The first-order valence-corrected chi connectivity index (χ1v) is 11.1. The van der Waals surface area contributed by atoms with Crippen molar-refractivity contribution < 1.29 is 17.6 Å². The van der Waals surface area contributed by atoms with E-state index in [2.05, 4.69) is 10.2 Å². The number of carbonyl (C=O) groups is 1. The summed E-state index contributed by atoms with van der Waals surface area (Å²) in [5, 5.41) is 11.9. The van der Waals surface area contributed by atoms with E-state index < -0.39 is 15.7 Å². The molecular weight excluding hydrogens is 369 g/mol. The van der Waals surface area contributed by atoms with E-state index in [9.17, 15) is 17.6 Å². The zero-order valence-electron chi connectivity index (χ0n) is 15.2. The molecule has 146 valence electrons. The van der Waals surface area contributed by atoms with Crippen LogP contribution in [-0.4, -0.2) is 56.4 Å². The first-order valence-electron chi connectivity index (χ1n) is 9.29. The Kier molecular flexibility index (Phi) is 6.12. The van der Waals surface area contributed by atoms with E-state index in [1.54, 1.807) is 0 Å². The van der Waals surface area contributed by atoms with Crippen LogP contribution in [0.1, 0.15) is 41.6 Å². The smallest absolute Gasteiger partial charge is 0.251 e. The van der Waals surface area contributed by atoms with Crippen molar-refractivity contribution in [2.45, 2.75) is 31.7 Å². The summed E-state index contributed by atoms with van der Waals surface area (Å²) in [5.74, 6) is -0.102. The monoisotopic (exact) mass is 393 g/mol. The number of nitriles is 1. The highest BCUT2D eigenvalue weighted by molar-refractivity contribution is 7.91. The summed E-state index contributed by atoms with van der Waals surface area (Å²) in [4.78, 5) is 14.6. The molecule has 6 nitrogen and oxygen atoms in total. The maximum Gasteiger partial charge on any atom is 0.251 e. The molecule has 1 saturated heterocycles. The molecule has 1 heterocycles. The number of amides is 1. The van der Waals surface area contributed by atoms with Crippen LogP contribution in [0.2, 0.25) is 0 Å². The van der Waals surface area contributed by atoms with E-state index in [0.717, 1.165) is 44.4 Å². The third-order valence-corrected chi connectivity index (χ3v) is 6.97. The molecule has 0 radical (unpaired) electrons. The molecule has 1 aromatic rings. The maximum absolute atomic E-state index is 13.6. The van der Waals surface area contributed by atoms with Crippen molar-refractivity contribution in [3.8, 4) is 6.07 Å². The van der Waals surface area contributed by atoms with E-state index in [1.807, 2.05) is 6.07 Å². The van der Waals surface area contributed by atoms with Crippen LogP contribution in [0.15, 0.2) is 18.2 Å². The third kappa shape index (κ3) is 5.50. The van der Waals surface area contributed by atoms with Crippen molar-refractivity contribution in [3.05, 3.63) is 35.1 Å². The summed E-state index contributed by atoms with van der Waals surface area (Å²) in [6.45, 7) is 2.01. The molecule has 0 aromatic heterocycles. The molecule has 1 aromatic carbocycles. The van der Waals surface area contributed by atoms with Gasteiger partial charge in [0.05, 0.1) is 23.1 Å². The Hall–Kier alpha value is -1.98. The van der Waals surface area contributed by atoms with Gasteiger partial charge in [-0.3, -0.25) is 4.79 Å². The van der Waals surface area contributed by atoms with E-state index in [0.29, 0.717) is 19.0 Å². The lowest BCUT2D eigenvalue weighted by molar-refractivity contribution is 0.0912. The van der Waals surface area contributed by atoms with Gasteiger partial charge in [-0.25, -0.2) is 12.8 Å². The van der Waals surface area contributed by atoms with E-state index in [4.69, 9.17) is 5.26 Å². The first-order chi connectivity index (χ1) is 12.8. The number of hydrogen-bond acceptors (Lipinski definition) is 5. The Morgan fingerprint density at radius 2 is 2.00 bits per heavy atom. The van der Waals surface area contributed by atoms with Crippen molar-refractivity contribution in [1.29, 1.82) is 5.26 Å². The number of nitrogens with one attached hydrogen (secondary N) is 1. The van der Waals surface area contributed by atoms with Crippen LogP contribution in [0, 0.1) is 23.1 Å². The molecule has 0 spiro atoms. The van der Waals surface area contributed by atoms with Gasteiger partial charge in [0.2, 0.25) is 0 Å². The van der Waals surface area contributed by atoms with Gasteiger partial charge in [-0.15, -0.1) is 0 Å². The minimum atomic E-state index is -2.88. The van der Waals surface area contributed by atoms with Gasteiger partial charge in [0.1, 0.15) is 5.82 Å². The quantitative estimate of drug-likeness (QED) is 0.841. The number of nitrogens with zero attached hydrogens (tertiary/aromatic N) is 2. The molecule has 1 aliphatic carbocycles. The molecule has 8 heteroatoms. The normalized spacial score (nSPS) is 25.5. The van der Waals surface area contributed by atoms with Crippen LogP contribution in [0.4, 0.5) is 4.39 Å². The fourth-order valence-electron chi connectivity index (χ4n) is 3.94. The molecule has 2 aliphatic rings. The molecule has 2 fully saturated rings. The van der Waals surface area contributed by atoms with Crippen LogP contribution in [-0.2, 0) is 9.84 Å². The van der Waals surface area contributed by atoms with Crippen molar-refractivity contribution in [2.75, 3.05) is 31.1 Å². The number of benzene rings is 1. The summed E-state index contributed by atoms with van der Waals surface area (Å²) >= 11 is 0. The van der Waals surface area contributed by atoms with E-state index in [-0.39, 0.29) is 34.6 Å². The van der Waals surface area contributed by atoms with Crippen LogP contribution in [0.5, 0.6) is 0 Å². The van der Waals surface area contributed by atoms with Gasteiger partial charge >= 0.3 is 0 Å². The third-order valence-electron chi connectivity index (χ3n) is 5.36. The van der Waals surface area contributed by atoms with Gasteiger partial charge in [-0.2, -0.15) is 5.26 Å². The van der Waals surface area contributed by atoms with Gasteiger partial charge in [0.25, 0.3) is 5.91 Å². The van der Waals surface area contributed by atoms with Crippen LogP contribution < -0.4 is 5.32 Å². The van der Waals surface area contributed by atoms with Crippen molar-refractivity contribution in [2.24, 2.45) is 5.92 Å². The Labute approximate surface area is 159 Å². The largest absolute Gasteiger partial charge is 0.349 e. The zero-order chi connectivity index (χ0) is 19.4. The molecule has 2 atom stereocenters. The van der Waals surface area contributed by atoms with Gasteiger partial charge < -0.3 is 10.2 Å². The molecule has 0 bridgehead atoms. The SMILES string of the molecule is N#Cc1cc(F)cc(C(=O)N[C@H]2CCC[C@@H](CN3CCS(=O)(=O)CC3)C2)c1. The lowest BCUT2D eigenvalue weighted by Gasteiger charge is -2.35. The van der Waals surface area contributed by atoms with E-state index in [1.165, 1.54) is 6.07 Å². The summed E-state index contributed by atoms with van der Waals surface area (Å²) in [6, 6.07) is 5.51. The molecule has 1 amide bonds. The summed E-state index contributed by atoms with van der Waals surface area (Å²) in [7, 11) is -2.88.